The van der Waals surface area contributed by atoms with Gasteiger partial charge < -0.3 is 4.90 Å². The number of nitrogens with one attached hydrogen (secondary N) is 1. The summed E-state index contributed by atoms with van der Waals surface area (Å²) in [4.78, 5) is 14.5. The molecule has 0 bridgehead atoms. The maximum Gasteiger partial charge on any atom is 0.241 e. The van der Waals surface area contributed by atoms with Crippen molar-refractivity contribution in [2.75, 3.05) is 13.1 Å². The molecule has 1 N–H and O–H groups in total. The topological polar surface area (TPSA) is 66.5 Å². The number of carbonyl (C=O) groups excluding carboxylic acids is 1. The highest BCUT2D eigenvalue weighted by Crippen LogP contribution is 2.24. The highest BCUT2D eigenvalue weighted by molar-refractivity contribution is 7.89. The number of carbonyl (C=O) groups is 1. The Kier molecular flexibility index (Phi) is 5.25. The van der Waals surface area contributed by atoms with Gasteiger partial charge in [0.25, 0.3) is 0 Å². The predicted molar refractivity (Wildman–Crippen MR) is 93.3 cm³/mol. The van der Waals surface area contributed by atoms with Gasteiger partial charge in [0.05, 0.1) is 10.9 Å². The fraction of sp³-hybridized carbons (Fsp3) is 0.611. The van der Waals surface area contributed by atoms with Crippen LogP contribution < -0.4 is 4.72 Å². The van der Waals surface area contributed by atoms with Crippen LogP contribution in [0.5, 0.6) is 0 Å². The van der Waals surface area contributed by atoms with E-state index in [1.54, 1.807) is 24.0 Å². The van der Waals surface area contributed by atoms with E-state index in [-0.39, 0.29) is 10.8 Å². The molecule has 24 heavy (non-hydrogen) atoms. The molecule has 1 heterocycles. The largest absolute Gasteiger partial charge is 0.341 e. The van der Waals surface area contributed by atoms with Crippen molar-refractivity contribution in [3.05, 3.63) is 29.3 Å². The average molecular weight is 350 g/mol. The Morgan fingerprint density at radius 3 is 2.42 bits per heavy atom. The van der Waals surface area contributed by atoms with Gasteiger partial charge in [-0.1, -0.05) is 6.07 Å². The summed E-state index contributed by atoms with van der Waals surface area (Å²) in [5.74, 6) is -0.128. The molecule has 3 rings (SSSR count). The molecule has 1 atom stereocenters. The molecule has 1 aliphatic heterocycles. The van der Waals surface area contributed by atoms with Crippen LogP contribution in [0.15, 0.2) is 23.1 Å². The van der Waals surface area contributed by atoms with Crippen molar-refractivity contribution in [3.63, 3.8) is 0 Å². The van der Waals surface area contributed by atoms with Gasteiger partial charge in [0, 0.05) is 13.1 Å². The standard InChI is InChI=1S/C18H26N2O3S/c1-14(18(21)20-11-5-2-6-12-20)19-24(22,23)17-10-9-15-7-3-4-8-16(15)13-17/h9-10,13-14,19H,2-8,11-12H2,1H3. The number of fused-ring (bicyclic) bond motifs is 1. The highest BCUT2D eigenvalue weighted by Gasteiger charge is 2.27. The van der Waals surface area contributed by atoms with Crippen molar-refractivity contribution in [1.29, 1.82) is 0 Å². The van der Waals surface area contributed by atoms with Gasteiger partial charge in [0.2, 0.25) is 15.9 Å². The van der Waals surface area contributed by atoms with Crippen LogP contribution in [0.4, 0.5) is 0 Å². The van der Waals surface area contributed by atoms with E-state index in [1.807, 2.05) is 6.07 Å². The molecule has 0 saturated carbocycles. The molecular weight excluding hydrogens is 324 g/mol. The third-order valence-corrected chi connectivity index (χ3v) is 6.54. The normalized spacial score (nSPS) is 19.6. The second-order valence-electron chi connectivity index (χ2n) is 6.87. The zero-order valence-electron chi connectivity index (χ0n) is 14.3. The molecule has 0 radical (unpaired) electrons. The number of piperidine rings is 1. The number of amides is 1. The monoisotopic (exact) mass is 350 g/mol. The van der Waals surface area contributed by atoms with Crippen LogP contribution in [0, 0.1) is 0 Å². The molecule has 0 aromatic heterocycles. The summed E-state index contributed by atoms with van der Waals surface area (Å²) in [6.07, 6.45) is 7.35. The minimum Gasteiger partial charge on any atom is -0.341 e. The van der Waals surface area contributed by atoms with Gasteiger partial charge >= 0.3 is 0 Å². The van der Waals surface area contributed by atoms with Gasteiger partial charge in [-0.05, 0) is 75.1 Å². The van der Waals surface area contributed by atoms with E-state index < -0.39 is 16.1 Å². The van der Waals surface area contributed by atoms with Crippen molar-refractivity contribution in [3.8, 4) is 0 Å². The number of benzene rings is 1. The van der Waals surface area contributed by atoms with Gasteiger partial charge in [0.1, 0.15) is 0 Å². The number of sulfonamides is 1. The van der Waals surface area contributed by atoms with E-state index in [0.717, 1.165) is 57.2 Å². The summed E-state index contributed by atoms with van der Waals surface area (Å²) in [7, 11) is -3.67. The Morgan fingerprint density at radius 2 is 1.71 bits per heavy atom. The maximum atomic E-state index is 12.6. The first-order chi connectivity index (χ1) is 11.5. The summed E-state index contributed by atoms with van der Waals surface area (Å²) in [6.45, 7) is 3.08. The fourth-order valence-electron chi connectivity index (χ4n) is 3.62. The maximum absolute atomic E-state index is 12.6. The molecule has 132 valence electrons. The van der Waals surface area contributed by atoms with E-state index in [0.29, 0.717) is 0 Å². The van der Waals surface area contributed by atoms with Crippen molar-refractivity contribution >= 4 is 15.9 Å². The number of likely N-dealkylation sites (tertiary alicyclic amines) is 1. The van der Waals surface area contributed by atoms with Gasteiger partial charge in [-0.3, -0.25) is 4.79 Å². The van der Waals surface area contributed by atoms with E-state index in [1.165, 1.54) is 12.0 Å². The first-order valence-corrected chi connectivity index (χ1v) is 10.4. The molecule has 1 fully saturated rings. The van der Waals surface area contributed by atoms with Crippen molar-refractivity contribution in [1.82, 2.24) is 9.62 Å². The predicted octanol–water partition coefficient (Wildman–Crippen LogP) is 2.24. The molecule has 1 aromatic rings. The lowest BCUT2D eigenvalue weighted by Crippen LogP contribution is -2.48. The quantitative estimate of drug-likeness (QED) is 0.906. The first kappa shape index (κ1) is 17.4. The minimum atomic E-state index is -3.67. The Hall–Kier alpha value is -1.40. The van der Waals surface area contributed by atoms with Crippen molar-refractivity contribution < 1.29 is 13.2 Å². The van der Waals surface area contributed by atoms with Gasteiger partial charge in [-0.2, -0.15) is 4.72 Å². The molecule has 0 spiro atoms. The minimum absolute atomic E-state index is 0.128. The lowest BCUT2D eigenvalue weighted by Gasteiger charge is -2.29. The molecule has 1 aromatic carbocycles. The number of hydrogen-bond donors (Lipinski definition) is 1. The molecular formula is C18H26N2O3S. The highest BCUT2D eigenvalue weighted by atomic mass is 32.2. The summed E-state index contributed by atoms with van der Waals surface area (Å²) in [6, 6.07) is 4.61. The number of hydrogen-bond acceptors (Lipinski definition) is 3. The number of rotatable bonds is 4. The fourth-order valence-corrected chi connectivity index (χ4v) is 4.86. The lowest BCUT2D eigenvalue weighted by molar-refractivity contribution is -0.133. The second-order valence-corrected chi connectivity index (χ2v) is 8.58. The Balaban J connectivity index is 1.72. The zero-order valence-corrected chi connectivity index (χ0v) is 15.1. The third-order valence-electron chi connectivity index (χ3n) is 5.00. The second kappa shape index (κ2) is 7.23. The van der Waals surface area contributed by atoms with Crippen LogP contribution in [0.2, 0.25) is 0 Å². The summed E-state index contributed by atoms with van der Waals surface area (Å²) < 4.78 is 27.8. The SMILES string of the molecule is CC(NS(=O)(=O)c1ccc2c(c1)CCCC2)C(=O)N1CCCCC1. The number of nitrogens with zero attached hydrogens (tertiary/aromatic N) is 1. The van der Waals surface area contributed by atoms with Crippen molar-refractivity contribution in [2.24, 2.45) is 0 Å². The van der Waals surface area contributed by atoms with Crippen LogP contribution in [0.1, 0.15) is 50.2 Å². The molecule has 1 amide bonds. The van der Waals surface area contributed by atoms with Gasteiger partial charge in [-0.25, -0.2) is 8.42 Å². The lowest BCUT2D eigenvalue weighted by atomic mass is 9.92. The Labute approximate surface area is 144 Å². The van der Waals surface area contributed by atoms with Gasteiger partial charge in [-0.15, -0.1) is 0 Å². The van der Waals surface area contributed by atoms with Crippen LogP contribution in [-0.2, 0) is 27.7 Å². The Bertz CT molecular complexity index is 709. The van der Waals surface area contributed by atoms with E-state index in [4.69, 9.17) is 0 Å². The number of aryl methyl sites for hydroxylation is 2. The molecule has 6 heteroatoms. The molecule has 5 nitrogen and oxygen atoms in total. The average Bonchev–Trinajstić information content (AvgIpc) is 2.61. The van der Waals surface area contributed by atoms with E-state index in [9.17, 15) is 13.2 Å². The summed E-state index contributed by atoms with van der Waals surface area (Å²) in [5, 5.41) is 0. The smallest absolute Gasteiger partial charge is 0.241 e. The zero-order chi connectivity index (χ0) is 17.2. The molecule has 1 aliphatic carbocycles. The van der Waals surface area contributed by atoms with Crippen LogP contribution in [-0.4, -0.2) is 38.4 Å². The first-order valence-electron chi connectivity index (χ1n) is 8.90. The van der Waals surface area contributed by atoms with Crippen LogP contribution in [0.3, 0.4) is 0 Å². The Morgan fingerprint density at radius 1 is 1.04 bits per heavy atom. The third kappa shape index (κ3) is 3.81. The molecule has 1 saturated heterocycles. The molecule has 2 aliphatic rings. The van der Waals surface area contributed by atoms with E-state index >= 15 is 0 Å². The van der Waals surface area contributed by atoms with E-state index in [2.05, 4.69) is 4.72 Å². The van der Waals surface area contributed by atoms with Crippen LogP contribution >= 0.6 is 0 Å². The molecule has 1 unspecified atom stereocenters. The van der Waals surface area contributed by atoms with Crippen LogP contribution in [0.25, 0.3) is 0 Å². The van der Waals surface area contributed by atoms with Crippen molar-refractivity contribution in [2.45, 2.75) is 62.8 Å². The summed E-state index contributed by atoms with van der Waals surface area (Å²) in [5.41, 5.74) is 2.37. The summed E-state index contributed by atoms with van der Waals surface area (Å²) >= 11 is 0. The van der Waals surface area contributed by atoms with Gasteiger partial charge in [0.15, 0.2) is 0 Å².